The summed E-state index contributed by atoms with van der Waals surface area (Å²) in [5.74, 6) is -0.0640. The normalized spacial score (nSPS) is 12.0. The number of alkyl halides is 5. The van der Waals surface area contributed by atoms with Crippen molar-refractivity contribution >= 4 is 15.9 Å². The highest BCUT2D eigenvalue weighted by atomic mass is 79.9. The summed E-state index contributed by atoms with van der Waals surface area (Å²) in [6.07, 6.45) is -4.54. The summed E-state index contributed by atoms with van der Waals surface area (Å²) in [6.45, 7) is 0. The highest BCUT2D eigenvalue weighted by molar-refractivity contribution is 9.10. The molecule has 4 nitrogen and oxygen atoms in total. The third-order valence-electron chi connectivity index (χ3n) is 3.25. The van der Waals surface area contributed by atoms with Gasteiger partial charge in [0, 0.05) is 11.8 Å². The predicted octanol–water partition coefficient (Wildman–Crippen LogP) is 5.05. The quantitative estimate of drug-likeness (QED) is 0.559. The van der Waals surface area contributed by atoms with Gasteiger partial charge in [0.25, 0.3) is 6.43 Å². The molecule has 0 bridgehead atoms. The fourth-order valence-corrected chi connectivity index (χ4v) is 2.38. The maximum absolute atomic E-state index is 13.1. The van der Waals surface area contributed by atoms with Crippen molar-refractivity contribution in [1.82, 2.24) is 19.5 Å². The zero-order valence-corrected chi connectivity index (χ0v) is 13.8. The second-order valence-electron chi connectivity index (χ2n) is 4.96. The van der Waals surface area contributed by atoms with Gasteiger partial charge in [-0.1, -0.05) is 12.1 Å². The van der Waals surface area contributed by atoms with Crippen LogP contribution in [0.4, 0.5) is 22.0 Å². The number of hydrogen-bond donors (Lipinski definition) is 0. The number of benzene rings is 1. The van der Waals surface area contributed by atoms with Gasteiger partial charge in [0.1, 0.15) is 16.6 Å². The molecule has 3 rings (SSSR count). The van der Waals surface area contributed by atoms with Crippen LogP contribution in [-0.2, 0) is 6.18 Å². The van der Waals surface area contributed by atoms with Crippen molar-refractivity contribution in [2.45, 2.75) is 12.6 Å². The first-order valence-electron chi connectivity index (χ1n) is 6.78. The van der Waals surface area contributed by atoms with Crippen molar-refractivity contribution < 1.29 is 22.0 Å². The molecule has 3 aromatic rings. The Morgan fingerprint density at radius 3 is 2.24 bits per heavy atom. The van der Waals surface area contributed by atoms with Crippen LogP contribution in [0, 0.1) is 0 Å². The fraction of sp³-hybridized carbons (Fsp3) is 0.133. The van der Waals surface area contributed by atoms with Crippen LogP contribution in [0.15, 0.2) is 47.5 Å². The lowest BCUT2D eigenvalue weighted by molar-refractivity contribution is -0.137. The van der Waals surface area contributed by atoms with Gasteiger partial charge in [0.15, 0.2) is 0 Å². The van der Waals surface area contributed by atoms with Crippen LogP contribution in [0.2, 0.25) is 0 Å². The molecule has 2 aromatic heterocycles. The highest BCUT2D eigenvalue weighted by Crippen LogP contribution is 2.31. The van der Waals surface area contributed by atoms with Gasteiger partial charge < -0.3 is 0 Å². The number of hydrogen-bond acceptors (Lipinski definition) is 3. The first-order valence-corrected chi connectivity index (χ1v) is 7.58. The summed E-state index contributed by atoms with van der Waals surface area (Å²) in [6, 6.07) is 5.13. The lowest BCUT2D eigenvalue weighted by atomic mass is 10.1. The van der Waals surface area contributed by atoms with Gasteiger partial charge in [-0.15, -0.1) is 0 Å². The molecule has 130 valence electrons. The van der Waals surface area contributed by atoms with Crippen LogP contribution in [0.1, 0.15) is 17.7 Å². The minimum atomic E-state index is -4.48. The minimum Gasteiger partial charge on any atom is -0.273 e. The molecule has 1 aromatic carbocycles. The Morgan fingerprint density at radius 2 is 1.72 bits per heavy atom. The lowest BCUT2D eigenvalue weighted by Crippen LogP contribution is -2.05. The molecule has 0 saturated heterocycles. The Labute approximate surface area is 146 Å². The van der Waals surface area contributed by atoms with Crippen LogP contribution in [0.5, 0.6) is 0 Å². The summed E-state index contributed by atoms with van der Waals surface area (Å²) in [7, 11) is 0. The Kier molecular flexibility index (Phi) is 4.55. The summed E-state index contributed by atoms with van der Waals surface area (Å²) in [4.78, 5) is 11.8. The van der Waals surface area contributed by atoms with Gasteiger partial charge in [-0.25, -0.2) is 23.7 Å². The van der Waals surface area contributed by atoms with Crippen LogP contribution >= 0.6 is 15.9 Å². The van der Waals surface area contributed by atoms with Crippen LogP contribution < -0.4 is 0 Å². The predicted molar refractivity (Wildman–Crippen MR) is 82.2 cm³/mol. The smallest absolute Gasteiger partial charge is 0.273 e. The molecule has 10 heteroatoms. The maximum atomic E-state index is 13.1. The summed E-state index contributed by atoms with van der Waals surface area (Å²) in [5.41, 5.74) is -1.03. The number of aromatic nitrogens is 4. The largest absolute Gasteiger partial charge is 0.416 e. The SMILES string of the molecule is FC(F)c1cc(-c2ccc(C(F)(F)F)cc2)nc(-n2cnc(Br)c2)n1. The first kappa shape index (κ1) is 17.5. The van der Waals surface area contributed by atoms with Crippen LogP contribution in [-0.4, -0.2) is 19.5 Å². The number of nitrogens with zero attached hydrogens (tertiary/aromatic N) is 4. The fourth-order valence-electron chi connectivity index (χ4n) is 2.07. The Bertz CT molecular complexity index is 890. The number of rotatable bonds is 3. The summed E-state index contributed by atoms with van der Waals surface area (Å²) < 4.78 is 65.9. The third-order valence-corrected chi connectivity index (χ3v) is 3.66. The van der Waals surface area contributed by atoms with Crippen LogP contribution in [0.3, 0.4) is 0 Å². The topological polar surface area (TPSA) is 43.6 Å². The van der Waals surface area contributed by atoms with Crippen molar-refractivity contribution in [3.63, 3.8) is 0 Å². The molecule has 0 unspecified atom stereocenters. The van der Waals surface area contributed by atoms with E-state index in [4.69, 9.17) is 0 Å². The van der Waals surface area contributed by atoms with Gasteiger partial charge in [-0.05, 0) is 34.1 Å². The van der Waals surface area contributed by atoms with E-state index in [1.807, 2.05) is 0 Å². The molecule has 0 N–H and O–H groups in total. The maximum Gasteiger partial charge on any atom is 0.416 e. The van der Waals surface area contributed by atoms with Gasteiger partial charge in [0.05, 0.1) is 11.3 Å². The number of imidazole rings is 1. The number of halogens is 6. The second-order valence-corrected chi connectivity index (χ2v) is 5.77. The average Bonchev–Trinajstić information content (AvgIpc) is 3.00. The molecule has 0 fully saturated rings. The molecule has 0 saturated carbocycles. The Morgan fingerprint density at radius 1 is 1.04 bits per heavy atom. The molecule has 25 heavy (non-hydrogen) atoms. The standard InChI is InChI=1S/C15H8BrF5N4/c16-12-6-25(7-22-12)14-23-10(5-11(24-14)13(17)18)8-1-3-9(4-2-8)15(19,20)21/h1-7,13H. The summed E-state index contributed by atoms with van der Waals surface area (Å²) in [5, 5.41) is 0. The van der Waals surface area contributed by atoms with Crippen molar-refractivity contribution in [2.24, 2.45) is 0 Å². The molecule has 0 spiro atoms. The van der Waals surface area contributed by atoms with E-state index in [9.17, 15) is 22.0 Å². The van der Waals surface area contributed by atoms with E-state index in [0.29, 0.717) is 4.60 Å². The average molecular weight is 419 g/mol. The lowest BCUT2D eigenvalue weighted by Gasteiger charge is -2.10. The van der Waals surface area contributed by atoms with E-state index in [0.717, 1.165) is 18.2 Å². The van der Waals surface area contributed by atoms with Crippen LogP contribution in [0.25, 0.3) is 17.2 Å². The zero-order valence-electron chi connectivity index (χ0n) is 12.2. The van der Waals surface area contributed by atoms with E-state index in [2.05, 4.69) is 30.9 Å². The van der Waals surface area contributed by atoms with E-state index in [1.54, 1.807) is 0 Å². The zero-order chi connectivity index (χ0) is 18.2. The van der Waals surface area contributed by atoms with Gasteiger partial charge in [-0.2, -0.15) is 13.2 Å². The van der Waals surface area contributed by atoms with Gasteiger partial charge in [-0.3, -0.25) is 4.57 Å². The first-order chi connectivity index (χ1) is 11.7. The molecule has 0 aliphatic heterocycles. The van der Waals surface area contributed by atoms with Crippen molar-refractivity contribution in [2.75, 3.05) is 0 Å². The Balaban J connectivity index is 2.07. The Hall–Kier alpha value is -2.36. The third kappa shape index (κ3) is 3.84. The molecular formula is C15H8BrF5N4. The van der Waals surface area contributed by atoms with Crippen molar-refractivity contribution in [3.05, 3.63) is 58.7 Å². The van der Waals surface area contributed by atoms with E-state index in [-0.39, 0.29) is 17.2 Å². The monoisotopic (exact) mass is 418 g/mol. The van der Waals surface area contributed by atoms with Crippen molar-refractivity contribution in [1.29, 1.82) is 0 Å². The highest BCUT2D eigenvalue weighted by Gasteiger charge is 2.30. The molecule has 0 radical (unpaired) electrons. The molecule has 2 heterocycles. The van der Waals surface area contributed by atoms with E-state index >= 15 is 0 Å². The molecule has 0 atom stereocenters. The second kappa shape index (κ2) is 6.51. The summed E-state index contributed by atoms with van der Waals surface area (Å²) >= 11 is 3.12. The van der Waals surface area contributed by atoms with E-state index < -0.39 is 23.9 Å². The minimum absolute atomic E-state index is 0.0640. The van der Waals surface area contributed by atoms with Gasteiger partial charge >= 0.3 is 6.18 Å². The molecular weight excluding hydrogens is 411 g/mol. The molecule has 0 aliphatic carbocycles. The van der Waals surface area contributed by atoms with Gasteiger partial charge in [0.2, 0.25) is 5.95 Å². The van der Waals surface area contributed by atoms with E-state index in [1.165, 1.54) is 29.2 Å². The van der Waals surface area contributed by atoms with Crippen molar-refractivity contribution in [3.8, 4) is 17.2 Å². The molecule has 0 aliphatic rings. The molecule has 0 amide bonds.